The number of hydrogen-bond acceptors (Lipinski definition) is 1. The highest BCUT2D eigenvalue weighted by Crippen LogP contribution is 2.50. The van der Waals surface area contributed by atoms with Gasteiger partial charge in [-0.2, -0.15) is 0 Å². The van der Waals surface area contributed by atoms with Crippen LogP contribution in [0.3, 0.4) is 0 Å². The summed E-state index contributed by atoms with van der Waals surface area (Å²) < 4.78 is 0. The van der Waals surface area contributed by atoms with Crippen molar-refractivity contribution in [1.29, 1.82) is 0 Å². The van der Waals surface area contributed by atoms with E-state index in [1.54, 1.807) is 0 Å². The van der Waals surface area contributed by atoms with Crippen molar-refractivity contribution in [3.63, 3.8) is 0 Å². The molecule has 0 aromatic heterocycles. The molecule has 2 nitrogen and oxygen atoms in total. The molecule has 2 heteroatoms. The SMILES string of the molecule is Cc1ccc(CCCCC(C)(C)C)c(CCCCC2(C(=O)O)CC2)c1. The van der Waals surface area contributed by atoms with Gasteiger partial charge in [-0.05, 0) is 74.8 Å². The summed E-state index contributed by atoms with van der Waals surface area (Å²) >= 11 is 0. The first kappa shape index (κ1) is 20.0. The molecule has 0 spiro atoms. The quantitative estimate of drug-likeness (QED) is 0.503. The lowest BCUT2D eigenvalue weighted by Gasteiger charge is -2.18. The Morgan fingerprint density at radius 3 is 2.28 bits per heavy atom. The van der Waals surface area contributed by atoms with Crippen LogP contribution < -0.4 is 0 Å². The summed E-state index contributed by atoms with van der Waals surface area (Å²) in [5.74, 6) is -0.581. The fraction of sp³-hybridized carbons (Fsp3) is 0.696. The maximum absolute atomic E-state index is 11.3. The Labute approximate surface area is 154 Å². The van der Waals surface area contributed by atoms with Crippen molar-refractivity contribution in [3.8, 4) is 0 Å². The predicted molar refractivity (Wildman–Crippen MR) is 105 cm³/mol. The van der Waals surface area contributed by atoms with Gasteiger partial charge in [-0.15, -0.1) is 0 Å². The number of hydrogen-bond donors (Lipinski definition) is 1. The van der Waals surface area contributed by atoms with Gasteiger partial charge in [0.25, 0.3) is 0 Å². The molecule has 1 aromatic rings. The minimum Gasteiger partial charge on any atom is -0.481 e. The summed E-state index contributed by atoms with van der Waals surface area (Å²) in [5.41, 5.74) is 4.38. The molecule has 1 aromatic carbocycles. The molecule has 140 valence electrons. The topological polar surface area (TPSA) is 37.3 Å². The molecular weight excluding hydrogens is 308 g/mol. The highest BCUT2D eigenvalue weighted by Gasteiger charge is 2.49. The summed E-state index contributed by atoms with van der Waals surface area (Å²) in [5, 5.41) is 9.28. The van der Waals surface area contributed by atoms with Crippen LogP contribution in [0.5, 0.6) is 0 Å². The fourth-order valence-electron chi connectivity index (χ4n) is 3.70. The molecule has 1 aliphatic rings. The maximum Gasteiger partial charge on any atom is 0.309 e. The second kappa shape index (κ2) is 8.38. The first-order chi connectivity index (χ1) is 11.7. The molecular formula is C23H36O2. The van der Waals surface area contributed by atoms with E-state index in [2.05, 4.69) is 45.9 Å². The van der Waals surface area contributed by atoms with Crippen molar-refractivity contribution in [3.05, 3.63) is 34.9 Å². The average molecular weight is 345 g/mol. The number of rotatable bonds is 10. The van der Waals surface area contributed by atoms with E-state index < -0.39 is 5.97 Å². The zero-order chi connectivity index (χ0) is 18.5. The monoisotopic (exact) mass is 344 g/mol. The fourth-order valence-corrected chi connectivity index (χ4v) is 3.70. The number of aryl methyl sites for hydroxylation is 3. The highest BCUT2D eigenvalue weighted by atomic mass is 16.4. The number of benzene rings is 1. The summed E-state index contributed by atoms with van der Waals surface area (Å²) in [6, 6.07) is 6.87. The Morgan fingerprint density at radius 2 is 1.68 bits per heavy atom. The minimum atomic E-state index is -0.581. The predicted octanol–water partition coefficient (Wildman–Crippen LogP) is 6.33. The normalized spacial score (nSPS) is 16.0. The Bertz CT molecular complexity index is 576. The molecule has 25 heavy (non-hydrogen) atoms. The standard InChI is InChI=1S/C23H36O2/c1-18-11-12-19(9-5-7-13-22(2,3)4)20(17-18)10-6-8-14-23(15-16-23)21(24)25/h11-12,17H,5-10,13-16H2,1-4H3,(H,24,25). The Morgan fingerprint density at radius 1 is 1.04 bits per heavy atom. The lowest BCUT2D eigenvalue weighted by molar-refractivity contribution is -0.143. The van der Waals surface area contributed by atoms with Gasteiger partial charge in [0.2, 0.25) is 0 Å². The van der Waals surface area contributed by atoms with Gasteiger partial charge in [-0.3, -0.25) is 4.79 Å². The second-order valence-electron chi connectivity index (χ2n) is 9.33. The molecule has 1 N–H and O–H groups in total. The van der Waals surface area contributed by atoms with Gasteiger partial charge in [0.05, 0.1) is 5.41 Å². The van der Waals surface area contributed by atoms with Gasteiger partial charge >= 0.3 is 5.97 Å². The van der Waals surface area contributed by atoms with Crippen molar-refractivity contribution in [2.75, 3.05) is 0 Å². The zero-order valence-electron chi connectivity index (χ0n) is 16.7. The van der Waals surface area contributed by atoms with Crippen LogP contribution in [-0.4, -0.2) is 11.1 Å². The largest absolute Gasteiger partial charge is 0.481 e. The number of carboxylic acid groups (broad SMARTS) is 1. The van der Waals surface area contributed by atoms with Crippen molar-refractivity contribution in [1.82, 2.24) is 0 Å². The van der Waals surface area contributed by atoms with E-state index in [-0.39, 0.29) is 5.41 Å². The third-order valence-electron chi connectivity index (χ3n) is 5.64. The summed E-state index contributed by atoms with van der Waals surface area (Å²) in [6.45, 7) is 9.10. The first-order valence-corrected chi connectivity index (χ1v) is 10.0. The van der Waals surface area contributed by atoms with E-state index in [1.807, 2.05) is 0 Å². The minimum absolute atomic E-state index is 0.359. The molecule has 0 radical (unpaired) electrons. The molecule has 0 bridgehead atoms. The van der Waals surface area contributed by atoms with Crippen molar-refractivity contribution < 1.29 is 9.90 Å². The molecule has 1 saturated carbocycles. The summed E-state index contributed by atoms with van der Waals surface area (Å²) in [7, 11) is 0. The lowest BCUT2D eigenvalue weighted by atomic mass is 9.88. The average Bonchev–Trinajstić information content (AvgIpc) is 3.30. The van der Waals surface area contributed by atoms with Gasteiger partial charge in [-0.25, -0.2) is 0 Å². The Hall–Kier alpha value is -1.31. The van der Waals surface area contributed by atoms with Crippen molar-refractivity contribution >= 4 is 5.97 Å². The van der Waals surface area contributed by atoms with Gasteiger partial charge in [-0.1, -0.05) is 57.4 Å². The zero-order valence-corrected chi connectivity index (χ0v) is 16.7. The van der Waals surface area contributed by atoms with Crippen LogP contribution in [0.4, 0.5) is 0 Å². The molecule has 0 saturated heterocycles. The molecule has 1 fully saturated rings. The van der Waals surface area contributed by atoms with Gasteiger partial charge < -0.3 is 5.11 Å². The molecule has 2 rings (SSSR count). The van der Waals surface area contributed by atoms with Crippen molar-refractivity contribution in [2.24, 2.45) is 10.8 Å². The number of carbonyl (C=O) groups is 1. The number of aliphatic carboxylic acids is 1. The molecule has 0 unspecified atom stereocenters. The highest BCUT2D eigenvalue weighted by molar-refractivity contribution is 5.77. The number of carboxylic acids is 1. The molecule has 0 aliphatic heterocycles. The summed E-state index contributed by atoms with van der Waals surface area (Å²) in [4.78, 5) is 11.3. The van der Waals surface area contributed by atoms with E-state index in [0.29, 0.717) is 5.41 Å². The van der Waals surface area contributed by atoms with Crippen LogP contribution in [0.2, 0.25) is 0 Å². The third-order valence-corrected chi connectivity index (χ3v) is 5.64. The number of unbranched alkanes of at least 4 members (excludes halogenated alkanes) is 2. The van der Waals surface area contributed by atoms with Crippen LogP contribution in [0.25, 0.3) is 0 Å². The van der Waals surface area contributed by atoms with E-state index >= 15 is 0 Å². The maximum atomic E-state index is 11.3. The van der Waals surface area contributed by atoms with Gasteiger partial charge in [0.1, 0.15) is 0 Å². The van der Waals surface area contributed by atoms with Gasteiger partial charge in [0, 0.05) is 0 Å². The summed E-state index contributed by atoms with van der Waals surface area (Å²) in [6.07, 6.45) is 10.8. The van der Waals surface area contributed by atoms with Crippen molar-refractivity contribution in [2.45, 2.75) is 91.9 Å². The van der Waals surface area contributed by atoms with E-state index in [4.69, 9.17) is 0 Å². The van der Waals surface area contributed by atoms with Crippen LogP contribution in [-0.2, 0) is 17.6 Å². The van der Waals surface area contributed by atoms with Gasteiger partial charge in [0.15, 0.2) is 0 Å². The molecule has 0 amide bonds. The Kier molecular flexibility index (Phi) is 6.71. The van der Waals surface area contributed by atoms with E-state index in [9.17, 15) is 9.90 Å². The molecule has 0 atom stereocenters. The van der Waals surface area contributed by atoms with E-state index in [0.717, 1.165) is 38.5 Å². The third kappa shape index (κ3) is 6.49. The smallest absolute Gasteiger partial charge is 0.309 e. The van der Waals surface area contributed by atoms with Crippen LogP contribution >= 0.6 is 0 Å². The molecule has 0 heterocycles. The van der Waals surface area contributed by atoms with Crippen LogP contribution in [0, 0.1) is 17.8 Å². The Balaban J connectivity index is 1.80. The molecule has 1 aliphatic carbocycles. The van der Waals surface area contributed by atoms with Crippen LogP contribution in [0.15, 0.2) is 18.2 Å². The van der Waals surface area contributed by atoms with Crippen LogP contribution in [0.1, 0.15) is 88.8 Å². The van der Waals surface area contributed by atoms with E-state index in [1.165, 1.54) is 42.4 Å². The lowest BCUT2D eigenvalue weighted by Crippen LogP contribution is -2.14. The second-order valence-corrected chi connectivity index (χ2v) is 9.33. The first-order valence-electron chi connectivity index (χ1n) is 10.0.